The second-order valence-electron chi connectivity index (χ2n) is 4.54. The maximum absolute atomic E-state index is 11.4. The van der Waals surface area contributed by atoms with Gasteiger partial charge in [-0.25, -0.2) is 5.84 Å². The van der Waals surface area contributed by atoms with E-state index in [-0.39, 0.29) is 12.3 Å². The van der Waals surface area contributed by atoms with E-state index in [2.05, 4.69) is 22.7 Å². The van der Waals surface area contributed by atoms with Crippen molar-refractivity contribution in [2.45, 2.75) is 26.8 Å². The predicted molar refractivity (Wildman–Crippen MR) is 73.3 cm³/mol. The monoisotopic (exact) mass is 258 g/mol. The summed E-state index contributed by atoms with van der Waals surface area (Å²) in [4.78, 5) is 11.4. The third-order valence-corrected chi connectivity index (χ3v) is 3.20. The number of hydrazine groups is 1. The van der Waals surface area contributed by atoms with Crippen molar-refractivity contribution in [1.29, 1.82) is 0 Å². The number of benzene rings is 1. The van der Waals surface area contributed by atoms with E-state index < -0.39 is 0 Å². The lowest BCUT2D eigenvalue weighted by atomic mass is 10.1. The topological polar surface area (TPSA) is 72.9 Å². The molecule has 0 spiro atoms. The van der Waals surface area contributed by atoms with Gasteiger partial charge < -0.3 is 0 Å². The number of hydrogen-bond acceptors (Lipinski definition) is 3. The van der Waals surface area contributed by atoms with Gasteiger partial charge in [-0.1, -0.05) is 30.3 Å². The normalized spacial score (nSPS) is 10.5. The summed E-state index contributed by atoms with van der Waals surface area (Å²) in [6.07, 6.45) is 0.267. The third-order valence-electron chi connectivity index (χ3n) is 3.20. The SMILES string of the molecule is Cc1nn(Cc2ccccc2)c(C)c1CC(=O)NN. The van der Waals surface area contributed by atoms with Crippen LogP contribution >= 0.6 is 0 Å². The van der Waals surface area contributed by atoms with E-state index in [1.807, 2.05) is 36.7 Å². The van der Waals surface area contributed by atoms with E-state index in [0.29, 0.717) is 6.54 Å². The standard InChI is InChI=1S/C14H18N4O/c1-10-13(8-14(19)16-15)11(2)18(17-10)9-12-6-4-3-5-7-12/h3-7H,8-9,15H2,1-2H3,(H,16,19). The Labute approximate surface area is 112 Å². The Morgan fingerprint density at radius 1 is 1.32 bits per heavy atom. The molecule has 1 heterocycles. The molecule has 1 aromatic carbocycles. The van der Waals surface area contributed by atoms with Crippen LogP contribution in [-0.4, -0.2) is 15.7 Å². The van der Waals surface area contributed by atoms with E-state index in [0.717, 1.165) is 17.0 Å². The average molecular weight is 258 g/mol. The van der Waals surface area contributed by atoms with Gasteiger partial charge in [-0.05, 0) is 19.4 Å². The number of aromatic nitrogens is 2. The molecule has 0 unspecified atom stereocenters. The van der Waals surface area contributed by atoms with Gasteiger partial charge >= 0.3 is 0 Å². The number of carbonyl (C=O) groups excluding carboxylic acids is 1. The molecule has 0 bridgehead atoms. The molecule has 1 amide bonds. The highest BCUT2D eigenvalue weighted by Crippen LogP contribution is 2.15. The Morgan fingerprint density at radius 3 is 2.63 bits per heavy atom. The van der Waals surface area contributed by atoms with Crippen LogP contribution < -0.4 is 11.3 Å². The first-order chi connectivity index (χ1) is 9.11. The van der Waals surface area contributed by atoms with Crippen molar-refractivity contribution in [3.63, 3.8) is 0 Å². The quantitative estimate of drug-likeness (QED) is 0.489. The van der Waals surface area contributed by atoms with Crippen LogP contribution in [0.25, 0.3) is 0 Å². The maximum atomic E-state index is 11.4. The predicted octanol–water partition coefficient (Wildman–Crippen LogP) is 1.08. The number of amides is 1. The Hall–Kier alpha value is -2.14. The second kappa shape index (κ2) is 5.67. The Bertz CT molecular complexity index is 575. The van der Waals surface area contributed by atoms with Crippen LogP contribution in [0.15, 0.2) is 30.3 Å². The summed E-state index contributed by atoms with van der Waals surface area (Å²) >= 11 is 0. The summed E-state index contributed by atoms with van der Waals surface area (Å²) in [6, 6.07) is 10.1. The van der Waals surface area contributed by atoms with Crippen molar-refractivity contribution < 1.29 is 4.79 Å². The van der Waals surface area contributed by atoms with Gasteiger partial charge in [0, 0.05) is 11.3 Å². The summed E-state index contributed by atoms with van der Waals surface area (Å²) in [5, 5.41) is 4.49. The van der Waals surface area contributed by atoms with Gasteiger partial charge in [0.05, 0.1) is 18.7 Å². The van der Waals surface area contributed by atoms with Crippen LogP contribution in [0.4, 0.5) is 0 Å². The number of rotatable bonds is 4. The molecule has 0 aliphatic rings. The zero-order valence-corrected chi connectivity index (χ0v) is 11.2. The highest BCUT2D eigenvalue weighted by Gasteiger charge is 2.14. The molecule has 0 fully saturated rings. The van der Waals surface area contributed by atoms with E-state index >= 15 is 0 Å². The zero-order valence-electron chi connectivity index (χ0n) is 11.2. The fourth-order valence-corrected chi connectivity index (χ4v) is 2.11. The van der Waals surface area contributed by atoms with Gasteiger partial charge in [-0.2, -0.15) is 5.10 Å². The first kappa shape index (κ1) is 13.3. The van der Waals surface area contributed by atoms with Crippen molar-refractivity contribution in [1.82, 2.24) is 15.2 Å². The van der Waals surface area contributed by atoms with Gasteiger partial charge in [-0.3, -0.25) is 14.9 Å². The van der Waals surface area contributed by atoms with Crippen LogP contribution in [0.2, 0.25) is 0 Å². The molecule has 100 valence electrons. The van der Waals surface area contributed by atoms with Crippen molar-refractivity contribution >= 4 is 5.91 Å². The molecule has 0 aliphatic carbocycles. The first-order valence-corrected chi connectivity index (χ1v) is 6.18. The van der Waals surface area contributed by atoms with Crippen molar-refractivity contribution in [3.8, 4) is 0 Å². The smallest absolute Gasteiger partial charge is 0.238 e. The lowest BCUT2D eigenvalue weighted by molar-refractivity contribution is -0.120. The maximum Gasteiger partial charge on any atom is 0.238 e. The van der Waals surface area contributed by atoms with E-state index in [4.69, 9.17) is 5.84 Å². The van der Waals surface area contributed by atoms with Crippen LogP contribution in [0.1, 0.15) is 22.5 Å². The lowest BCUT2D eigenvalue weighted by Gasteiger charge is -2.05. The summed E-state index contributed by atoms with van der Waals surface area (Å²) in [6.45, 7) is 4.59. The highest BCUT2D eigenvalue weighted by molar-refractivity contribution is 5.78. The third kappa shape index (κ3) is 3.00. The molecule has 3 N–H and O–H groups in total. The second-order valence-corrected chi connectivity index (χ2v) is 4.54. The summed E-state index contributed by atoms with van der Waals surface area (Å²) in [5.74, 6) is 4.92. The van der Waals surface area contributed by atoms with E-state index in [9.17, 15) is 4.79 Å². The van der Waals surface area contributed by atoms with Gasteiger partial charge in [0.25, 0.3) is 0 Å². The zero-order chi connectivity index (χ0) is 13.8. The molecular weight excluding hydrogens is 240 g/mol. The molecule has 2 rings (SSSR count). The molecule has 1 aromatic heterocycles. The summed E-state index contributed by atoms with van der Waals surface area (Å²) in [5.41, 5.74) is 6.15. The van der Waals surface area contributed by atoms with Gasteiger partial charge in [0.2, 0.25) is 5.91 Å². The highest BCUT2D eigenvalue weighted by atomic mass is 16.2. The largest absolute Gasteiger partial charge is 0.294 e. The number of nitrogens with two attached hydrogens (primary N) is 1. The van der Waals surface area contributed by atoms with Crippen molar-refractivity contribution in [3.05, 3.63) is 52.8 Å². The molecular formula is C14H18N4O. The molecule has 0 radical (unpaired) electrons. The summed E-state index contributed by atoms with van der Waals surface area (Å²) in [7, 11) is 0. The number of hydrogen-bond donors (Lipinski definition) is 2. The molecule has 0 atom stereocenters. The van der Waals surface area contributed by atoms with Crippen LogP contribution in [0.3, 0.4) is 0 Å². The lowest BCUT2D eigenvalue weighted by Crippen LogP contribution is -2.31. The van der Waals surface area contributed by atoms with Gasteiger partial charge in [-0.15, -0.1) is 0 Å². The minimum absolute atomic E-state index is 0.203. The van der Waals surface area contributed by atoms with Gasteiger partial charge in [0.15, 0.2) is 0 Å². The van der Waals surface area contributed by atoms with Gasteiger partial charge in [0.1, 0.15) is 0 Å². The van der Waals surface area contributed by atoms with Crippen LogP contribution in [-0.2, 0) is 17.8 Å². The molecule has 5 nitrogen and oxygen atoms in total. The Balaban J connectivity index is 2.24. The molecule has 19 heavy (non-hydrogen) atoms. The van der Waals surface area contributed by atoms with Crippen molar-refractivity contribution in [2.75, 3.05) is 0 Å². The van der Waals surface area contributed by atoms with Crippen LogP contribution in [0, 0.1) is 13.8 Å². The molecule has 0 aliphatic heterocycles. The number of nitrogens with zero attached hydrogens (tertiary/aromatic N) is 2. The fraction of sp³-hybridized carbons (Fsp3) is 0.286. The number of nitrogens with one attached hydrogen (secondary N) is 1. The Kier molecular flexibility index (Phi) is 3.97. The molecule has 5 heteroatoms. The number of carbonyl (C=O) groups is 1. The van der Waals surface area contributed by atoms with Crippen molar-refractivity contribution in [2.24, 2.45) is 5.84 Å². The Morgan fingerprint density at radius 2 is 2.00 bits per heavy atom. The summed E-state index contributed by atoms with van der Waals surface area (Å²) < 4.78 is 1.92. The molecule has 2 aromatic rings. The average Bonchev–Trinajstić information content (AvgIpc) is 2.67. The van der Waals surface area contributed by atoms with E-state index in [1.54, 1.807) is 0 Å². The minimum atomic E-state index is -0.203. The molecule has 0 saturated heterocycles. The fourth-order valence-electron chi connectivity index (χ4n) is 2.11. The minimum Gasteiger partial charge on any atom is -0.294 e. The first-order valence-electron chi connectivity index (χ1n) is 6.18. The van der Waals surface area contributed by atoms with E-state index in [1.165, 1.54) is 5.56 Å². The molecule has 0 saturated carbocycles. The number of aryl methyl sites for hydroxylation is 1. The van der Waals surface area contributed by atoms with Crippen LogP contribution in [0.5, 0.6) is 0 Å².